The van der Waals surface area contributed by atoms with Gasteiger partial charge in [-0.3, -0.25) is 4.79 Å². The minimum atomic E-state index is -3.57. The van der Waals surface area contributed by atoms with Gasteiger partial charge in [0.2, 0.25) is 0 Å². The van der Waals surface area contributed by atoms with Crippen molar-refractivity contribution >= 4 is 39.3 Å². The number of hydrogen-bond donors (Lipinski definition) is 1. The van der Waals surface area contributed by atoms with E-state index < -0.39 is 9.84 Å². The maximum Gasteiger partial charge on any atom is 0.262 e. The maximum absolute atomic E-state index is 13.1. The second-order valence-corrected chi connectivity index (χ2v) is 10.7. The van der Waals surface area contributed by atoms with E-state index >= 15 is 0 Å². The van der Waals surface area contributed by atoms with Crippen molar-refractivity contribution < 1.29 is 17.9 Å². The first kappa shape index (κ1) is 22.2. The van der Waals surface area contributed by atoms with Gasteiger partial charge in [0.25, 0.3) is 5.91 Å². The quantitative estimate of drug-likeness (QED) is 0.513. The van der Waals surface area contributed by atoms with Crippen LogP contribution in [-0.2, 0) is 20.4 Å². The van der Waals surface area contributed by atoms with Crippen molar-refractivity contribution in [3.05, 3.63) is 87.8 Å². The van der Waals surface area contributed by atoms with Crippen LogP contribution in [0, 0.1) is 13.8 Å². The minimum Gasteiger partial charge on any atom is -0.497 e. The summed E-state index contributed by atoms with van der Waals surface area (Å²) < 4.78 is 31.3. The molecule has 0 spiro atoms. The first-order valence-electron chi connectivity index (χ1n) is 10.0. The predicted octanol–water partition coefficient (Wildman–Crippen LogP) is 5.37. The van der Waals surface area contributed by atoms with Gasteiger partial charge in [-0.05, 0) is 72.5 Å². The smallest absolute Gasteiger partial charge is 0.262 e. The lowest BCUT2D eigenvalue weighted by atomic mass is 10.1. The molecule has 3 aromatic rings. The summed E-state index contributed by atoms with van der Waals surface area (Å²) in [5, 5.41) is 2.83. The number of anilines is 1. The topological polar surface area (TPSA) is 72.5 Å². The highest BCUT2D eigenvalue weighted by molar-refractivity contribution is 8.04. The van der Waals surface area contributed by atoms with E-state index in [0.29, 0.717) is 10.6 Å². The Hall–Kier alpha value is -3.03. The van der Waals surface area contributed by atoms with Gasteiger partial charge in [-0.2, -0.15) is 0 Å². The monoisotopic (exact) mass is 465 g/mol. The van der Waals surface area contributed by atoms with Crippen LogP contribution in [0.1, 0.15) is 22.3 Å². The minimum absolute atomic E-state index is 0.0754. The largest absolute Gasteiger partial charge is 0.497 e. The summed E-state index contributed by atoms with van der Waals surface area (Å²) in [6.45, 7) is 3.83. The van der Waals surface area contributed by atoms with Gasteiger partial charge in [-0.25, -0.2) is 8.42 Å². The predicted molar refractivity (Wildman–Crippen MR) is 129 cm³/mol. The number of hydrogen-bond acceptors (Lipinski definition) is 5. The van der Waals surface area contributed by atoms with E-state index in [0.717, 1.165) is 32.9 Å². The van der Waals surface area contributed by atoms with Crippen LogP contribution in [0.5, 0.6) is 5.75 Å². The van der Waals surface area contributed by atoms with Crippen LogP contribution in [-0.4, -0.2) is 21.4 Å². The Labute approximate surface area is 192 Å². The molecule has 0 atom stereocenters. The lowest BCUT2D eigenvalue weighted by Gasteiger charge is -2.20. The lowest BCUT2D eigenvalue weighted by Crippen LogP contribution is -2.18. The SMILES string of the molecule is COc1ccc(/C=C2\Sc3ccc(S(=O)(=O)Cc4c(C)cccc4C)cc3NC2=O)cc1. The second kappa shape index (κ2) is 8.84. The van der Waals surface area contributed by atoms with E-state index in [9.17, 15) is 13.2 Å². The molecule has 0 saturated heterocycles. The van der Waals surface area contributed by atoms with E-state index in [-0.39, 0.29) is 16.6 Å². The van der Waals surface area contributed by atoms with Crippen molar-refractivity contribution in [3.63, 3.8) is 0 Å². The molecule has 1 heterocycles. The van der Waals surface area contributed by atoms with Gasteiger partial charge >= 0.3 is 0 Å². The third-order valence-corrected chi connectivity index (χ3v) is 8.13. The first-order valence-corrected chi connectivity index (χ1v) is 12.5. The Morgan fingerprint density at radius 2 is 1.69 bits per heavy atom. The van der Waals surface area contributed by atoms with Gasteiger partial charge in [0.15, 0.2) is 9.84 Å². The molecule has 32 heavy (non-hydrogen) atoms. The zero-order chi connectivity index (χ0) is 22.9. The summed E-state index contributed by atoms with van der Waals surface area (Å²) in [5.41, 5.74) is 4.09. The number of methoxy groups -OCH3 is 1. The number of carbonyl (C=O) groups excluding carboxylic acids is 1. The molecule has 1 amide bonds. The number of sulfone groups is 1. The van der Waals surface area contributed by atoms with Gasteiger partial charge in [0, 0.05) is 4.90 Å². The fourth-order valence-electron chi connectivity index (χ4n) is 3.53. The lowest BCUT2D eigenvalue weighted by molar-refractivity contribution is -0.112. The van der Waals surface area contributed by atoms with Crippen LogP contribution < -0.4 is 10.1 Å². The summed E-state index contributed by atoms with van der Waals surface area (Å²) in [4.78, 5) is 14.2. The van der Waals surface area contributed by atoms with Gasteiger partial charge in [-0.15, -0.1) is 0 Å². The van der Waals surface area contributed by atoms with Crippen LogP contribution in [0.2, 0.25) is 0 Å². The standard InChI is InChI=1S/C25H23NO4S2/c1-16-5-4-6-17(2)21(16)15-32(28,29)20-11-12-23-22(14-20)26-25(27)24(31-23)13-18-7-9-19(30-3)10-8-18/h4-14H,15H2,1-3H3,(H,26,27)/b24-13-. The number of benzene rings is 3. The number of amides is 1. The Bertz CT molecular complexity index is 1310. The highest BCUT2D eigenvalue weighted by Gasteiger charge is 2.24. The molecule has 4 rings (SSSR count). The molecule has 0 bridgehead atoms. The number of ether oxygens (including phenoxy) is 1. The molecule has 0 aliphatic carbocycles. The number of fused-ring (bicyclic) bond motifs is 1. The van der Waals surface area contributed by atoms with Crippen LogP contribution in [0.4, 0.5) is 5.69 Å². The number of carbonyl (C=O) groups is 1. The van der Waals surface area contributed by atoms with Crippen LogP contribution in [0.3, 0.4) is 0 Å². The molecule has 0 fully saturated rings. The van der Waals surface area contributed by atoms with Gasteiger partial charge in [-0.1, -0.05) is 42.1 Å². The van der Waals surface area contributed by atoms with E-state index in [1.807, 2.05) is 56.3 Å². The Kier molecular flexibility index (Phi) is 6.13. The highest BCUT2D eigenvalue weighted by atomic mass is 32.2. The van der Waals surface area contributed by atoms with Crippen LogP contribution in [0.15, 0.2) is 75.4 Å². The summed E-state index contributed by atoms with van der Waals surface area (Å²) >= 11 is 1.32. The molecule has 1 N–H and O–H groups in total. The van der Waals surface area contributed by atoms with Crippen molar-refractivity contribution in [2.75, 3.05) is 12.4 Å². The summed E-state index contributed by atoms with van der Waals surface area (Å²) in [6.07, 6.45) is 1.80. The van der Waals surface area contributed by atoms with Crippen LogP contribution >= 0.6 is 11.8 Å². The van der Waals surface area contributed by atoms with E-state index in [1.165, 1.54) is 11.8 Å². The zero-order valence-electron chi connectivity index (χ0n) is 18.0. The Morgan fingerprint density at radius 3 is 2.34 bits per heavy atom. The third-order valence-electron chi connectivity index (χ3n) is 5.39. The van der Waals surface area contributed by atoms with E-state index in [1.54, 1.807) is 31.4 Å². The first-order chi connectivity index (χ1) is 15.3. The second-order valence-electron chi connectivity index (χ2n) is 7.63. The molecule has 3 aromatic carbocycles. The van der Waals surface area contributed by atoms with Gasteiger partial charge < -0.3 is 10.1 Å². The molecule has 0 aromatic heterocycles. The van der Waals surface area contributed by atoms with Crippen molar-refractivity contribution in [2.45, 2.75) is 29.4 Å². The summed E-state index contributed by atoms with van der Waals surface area (Å²) in [7, 11) is -1.96. The van der Waals surface area contributed by atoms with Crippen LogP contribution in [0.25, 0.3) is 6.08 Å². The normalized spacial score (nSPS) is 14.7. The molecular weight excluding hydrogens is 442 g/mol. The highest BCUT2D eigenvalue weighted by Crippen LogP contribution is 2.40. The third kappa shape index (κ3) is 4.59. The number of rotatable bonds is 5. The maximum atomic E-state index is 13.1. The number of aryl methyl sites for hydroxylation is 2. The molecular formula is C25H23NO4S2. The fourth-order valence-corrected chi connectivity index (χ4v) is 6.04. The van der Waals surface area contributed by atoms with Crippen molar-refractivity contribution in [1.82, 2.24) is 0 Å². The molecule has 0 unspecified atom stereocenters. The van der Waals surface area contributed by atoms with Gasteiger partial charge in [0.1, 0.15) is 5.75 Å². The Morgan fingerprint density at radius 1 is 1.00 bits per heavy atom. The average Bonchev–Trinajstić information content (AvgIpc) is 2.77. The summed E-state index contributed by atoms with van der Waals surface area (Å²) in [5.74, 6) is 0.407. The average molecular weight is 466 g/mol. The number of thioether (sulfide) groups is 1. The molecule has 0 radical (unpaired) electrons. The summed E-state index contributed by atoms with van der Waals surface area (Å²) in [6, 6.07) is 18.1. The zero-order valence-corrected chi connectivity index (χ0v) is 19.6. The molecule has 7 heteroatoms. The number of nitrogens with one attached hydrogen (secondary N) is 1. The Balaban J connectivity index is 1.60. The van der Waals surface area contributed by atoms with Crippen molar-refractivity contribution in [3.8, 4) is 5.75 Å². The molecule has 164 valence electrons. The molecule has 1 aliphatic rings. The molecule has 0 saturated carbocycles. The van der Waals surface area contributed by atoms with E-state index in [4.69, 9.17) is 4.74 Å². The molecule has 5 nitrogen and oxygen atoms in total. The van der Waals surface area contributed by atoms with Crippen molar-refractivity contribution in [2.24, 2.45) is 0 Å². The molecule has 1 aliphatic heterocycles. The fraction of sp³-hybridized carbons (Fsp3) is 0.160. The van der Waals surface area contributed by atoms with Crippen molar-refractivity contribution in [1.29, 1.82) is 0 Å². The van der Waals surface area contributed by atoms with E-state index in [2.05, 4.69) is 5.32 Å². The van der Waals surface area contributed by atoms with Gasteiger partial charge in [0.05, 0.1) is 28.4 Å².